The highest BCUT2D eigenvalue weighted by Crippen LogP contribution is 2.37. The number of alkyl halides is 3. The summed E-state index contributed by atoms with van der Waals surface area (Å²) in [5, 5.41) is 8.22. The normalized spacial score (nSPS) is 11.3. The number of halogens is 5. The lowest BCUT2D eigenvalue weighted by molar-refractivity contribution is -0.137. The number of ether oxygens (including phenoxy) is 1. The van der Waals surface area contributed by atoms with E-state index in [1.807, 2.05) is 0 Å². The summed E-state index contributed by atoms with van der Waals surface area (Å²) in [6.07, 6.45) is -4.60. The molecule has 0 amide bonds. The Morgan fingerprint density at radius 1 is 1.09 bits per heavy atom. The van der Waals surface area contributed by atoms with E-state index in [0.29, 0.717) is 0 Å². The molecule has 0 aliphatic heterocycles. The van der Waals surface area contributed by atoms with E-state index in [4.69, 9.17) is 21.4 Å². The predicted molar refractivity (Wildman–Crippen MR) is 69.9 cm³/mol. The molecule has 0 saturated heterocycles. The van der Waals surface area contributed by atoms with E-state index in [-0.39, 0.29) is 11.5 Å². The van der Waals surface area contributed by atoms with Crippen LogP contribution >= 0.6 is 11.6 Å². The highest BCUT2D eigenvalue weighted by Gasteiger charge is 2.33. The Morgan fingerprint density at radius 2 is 1.68 bits per heavy atom. The van der Waals surface area contributed by atoms with Crippen molar-refractivity contribution in [3.8, 4) is 11.5 Å². The first kappa shape index (κ1) is 16.1. The molecule has 3 nitrogen and oxygen atoms in total. The monoisotopic (exact) mass is 334 g/mol. The molecule has 0 unspecified atom stereocenters. The van der Waals surface area contributed by atoms with Crippen molar-refractivity contribution < 1.29 is 32.2 Å². The van der Waals surface area contributed by atoms with Gasteiger partial charge in [-0.2, -0.15) is 13.2 Å². The van der Waals surface area contributed by atoms with Crippen molar-refractivity contribution >= 4 is 17.6 Å². The molecule has 0 aliphatic rings. The molecule has 2 rings (SSSR count). The summed E-state index contributed by atoms with van der Waals surface area (Å²) in [6, 6.07) is 5.65. The van der Waals surface area contributed by atoms with Crippen LogP contribution in [0.4, 0.5) is 17.6 Å². The van der Waals surface area contributed by atoms with Gasteiger partial charge in [-0.15, -0.1) is 0 Å². The van der Waals surface area contributed by atoms with Crippen molar-refractivity contribution in [3.05, 3.63) is 58.4 Å². The predicted octanol–water partition coefficient (Wildman–Crippen LogP) is 4.99. The number of benzene rings is 2. The van der Waals surface area contributed by atoms with Crippen LogP contribution < -0.4 is 4.74 Å². The summed E-state index contributed by atoms with van der Waals surface area (Å²) in [4.78, 5) is 10.8. The Kier molecular flexibility index (Phi) is 4.27. The Hall–Kier alpha value is -2.28. The van der Waals surface area contributed by atoms with Gasteiger partial charge in [-0.25, -0.2) is 9.18 Å². The third-order valence-electron chi connectivity index (χ3n) is 2.65. The van der Waals surface area contributed by atoms with Crippen LogP contribution in [0.1, 0.15) is 15.9 Å². The molecule has 0 fully saturated rings. The molecule has 0 heterocycles. The summed E-state index contributed by atoms with van der Waals surface area (Å²) >= 11 is 5.53. The van der Waals surface area contributed by atoms with Crippen molar-refractivity contribution in [1.29, 1.82) is 0 Å². The zero-order valence-electron chi connectivity index (χ0n) is 10.6. The third kappa shape index (κ3) is 3.48. The molecule has 22 heavy (non-hydrogen) atoms. The SMILES string of the molecule is O=C(O)c1cc(Oc2ccc(C(F)(F)F)c(Cl)c2)ccc1F. The first-order valence-corrected chi connectivity index (χ1v) is 6.13. The van der Waals surface area contributed by atoms with Crippen molar-refractivity contribution in [2.45, 2.75) is 6.18 Å². The van der Waals surface area contributed by atoms with Crippen LogP contribution in [-0.4, -0.2) is 11.1 Å². The maximum absolute atomic E-state index is 13.2. The summed E-state index contributed by atoms with van der Waals surface area (Å²) in [6.45, 7) is 0. The Morgan fingerprint density at radius 3 is 2.23 bits per heavy atom. The molecule has 8 heteroatoms. The topological polar surface area (TPSA) is 46.5 Å². The maximum Gasteiger partial charge on any atom is 0.417 e. The van der Waals surface area contributed by atoms with Crippen LogP contribution in [0.25, 0.3) is 0 Å². The molecule has 0 bridgehead atoms. The standard InChI is InChI=1S/C14H7ClF4O3/c15-11-6-8(1-3-10(11)14(17,18)19)22-7-2-4-12(16)9(5-7)13(20)21/h1-6H,(H,20,21). The van der Waals surface area contributed by atoms with E-state index >= 15 is 0 Å². The summed E-state index contributed by atoms with van der Waals surface area (Å²) in [5.74, 6) is -2.53. The van der Waals surface area contributed by atoms with Gasteiger partial charge in [-0.05, 0) is 30.3 Å². The lowest BCUT2D eigenvalue weighted by Crippen LogP contribution is -2.05. The van der Waals surface area contributed by atoms with Gasteiger partial charge in [0.2, 0.25) is 0 Å². The maximum atomic E-state index is 13.2. The van der Waals surface area contributed by atoms with Gasteiger partial charge in [0.1, 0.15) is 17.3 Å². The molecular weight excluding hydrogens is 328 g/mol. The lowest BCUT2D eigenvalue weighted by Gasteiger charge is -2.11. The summed E-state index contributed by atoms with van der Waals surface area (Å²) in [5.41, 5.74) is -1.64. The molecule has 0 radical (unpaired) electrons. The molecule has 0 atom stereocenters. The second-order valence-corrected chi connectivity index (χ2v) is 4.60. The number of hydrogen-bond acceptors (Lipinski definition) is 2. The number of aromatic carboxylic acids is 1. The van der Waals surface area contributed by atoms with Gasteiger partial charge in [-0.3, -0.25) is 0 Å². The van der Waals surface area contributed by atoms with E-state index in [1.54, 1.807) is 0 Å². The highest BCUT2D eigenvalue weighted by atomic mass is 35.5. The zero-order chi connectivity index (χ0) is 16.5. The van der Waals surface area contributed by atoms with E-state index < -0.39 is 34.1 Å². The Bertz CT molecular complexity index is 729. The molecule has 1 N–H and O–H groups in total. The van der Waals surface area contributed by atoms with Crippen molar-refractivity contribution in [3.63, 3.8) is 0 Å². The fourth-order valence-corrected chi connectivity index (χ4v) is 1.93. The molecule has 0 aromatic heterocycles. The first-order valence-electron chi connectivity index (χ1n) is 5.76. The van der Waals surface area contributed by atoms with Crippen LogP contribution in [0.2, 0.25) is 5.02 Å². The molecule has 0 aliphatic carbocycles. The van der Waals surface area contributed by atoms with Gasteiger partial charge in [0, 0.05) is 6.07 Å². The lowest BCUT2D eigenvalue weighted by atomic mass is 10.2. The van der Waals surface area contributed by atoms with E-state index in [9.17, 15) is 22.4 Å². The van der Waals surface area contributed by atoms with E-state index in [2.05, 4.69) is 0 Å². The average molecular weight is 335 g/mol. The van der Waals surface area contributed by atoms with Crippen molar-refractivity contribution in [2.24, 2.45) is 0 Å². The van der Waals surface area contributed by atoms with E-state index in [0.717, 1.165) is 36.4 Å². The number of carbonyl (C=O) groups is 1. The van der Waals surface area contributed by atoms with Gasteiger partial charge in [-0.1, -0.05) is 11.6 Å². The largest absolute Gasteiger partial charge is 0.478 e. The first-order chi connectivity index (χ1) is 10.2. The molecular formula is C14H7ClF4O3. The van der Waals surface area contributed by atoms with Crippen LogP contribution in [0.3, 0.4) is 0 Å². The van der Waals surface area contributed by atoms with Crippen molar-refractivity contribution in [1.82, 2.24) is 0 Å². The molecule has 2 aromatic rings. The van der Waals surface area contributed by atoms with Crippen LogP contribution in [0, 0.1) is 5.82 Å². The minimum atomic E-state index is -4.60. The fraction of sp³-hybridized carbons (Fsp3) is 0.0714. The van der Waals surface area contributed by atoms with Crippen molar-refractivity contribution in [2.75, 3.05) is 0 Å². The number of hydrogen-bond donors (Lipinski definition) is 1. The van der Waals surface area contributed by atoms with Crippen LogP contribution in [0.15, 0.2) is 36.4 Å². The zero-order valence-corrected chi connectivity index (χ0v) is 11.4. The van der Waals surface area contributed by atoms with Crippen LogP contribution in [0.5, 0.6) is 11.5 Å². The highest BCUT2D eigenvalue weighted by molar-refractivity contribution is 6.31. The van der Waals surface area contributed by atoms with Gasteiger partial charge >= 0.3 is 12.1 Å². The van der Waals surface area contributed by atoms with Gasteiger partial charge in [0.05, 0.1) is 16.1 Å². The summed E-state index contributed by atoms with van der Waals surface area (Å²) < 4.78 is 56.1. The van der Waals surface area contributed by atoms with Gasteiger partial charge < -0.3 is 9.84 Å². The molecule has 0 spiro atoms. The van der Waals surface area contributed by atoms with Gasteiger partial charge in [0.25, 0.3) is 0 Å². The summed E-state index contributed by atoms with van der Waals surface area (Å²) in [7, 11) is 0. The number of carboxylic acid groups (broad SMARTS) is 1. The van der Waals surface area contributed by atoms with Crippen LogP contribution in [-0.2, 0) is 6.18 Å². The third-order valence-corrected chi connectivity index (χ3v) is 2.96. The average Bonchev–Trinajstić information content (AvgIpc) is 2.39. The molecule has 0 saturated carbocycles. The molecule has 2 aromatic carbocycles. The number of carboxylic acids is 1. The second kappa shape index (κ2) is 5.84. The minimum absolute atomic E-state index is 0.0408. The Labute approximate surface area is 126 Å². The number of rotatable bonds is 3. The fourth-order valence-electron chi connectivity index (χ4n) is 1.66. The molecule has 116 valence electrons. The quantitative estimate of drug-likeness (QED) is 0.804. The minimum Gasteiger partial charge on any atom is -0.478 e. The van der Waals surface area contributed by atoms with E-state index in [1.165, 1.54) is 0 Å². The van der Waals surface area contributed by atoms with Gasteiger partial charge in [0.15, 0.2) is 0 Å². The Balaban J connectivity index is 2.30. The second-order valence-electron chi connectivity index (χ2n) is 4.19. The smallest absolute Gasteiger partial charge is 0.417 e.